The molecule has 0 aliphatic carbocycles. The molecule has 0 aromatic heterocycles. The highest BCUT2D eigenvalue weighted by atomic mass is 32.2. The van der Waals surface area contributed by atoms with E-state index in [4.69, 9.17) is 9.47 Å². The van der Waals surface area contributed by atoms with Gasteiger partial charge in [0.1, 0.15) is 11.6 Å². The number of benzene rings is 1. The van der Waals surface area contributed by atoms with Crippen LogP contribution in [0.1, 0.15) is 54.9 Å². The van der Waals surface area contributed by atoms with E-state index in [-0.39, 0.29) is 22.8 Å². The minimum absolute atomic E-state index is 0.0608. The van der Waals surface area contributed by atoms with E-state index in [9.17, 15) is 17.6 Å². The summed E-state index contributed by atoms with van der Waals surface area (Å²) in [6, 6.07) is 2.61. The maximum Gasteiger partial charge on any atom is 0.214 e. The van der Waals surface area contributed by atoms with Gasteiger partial charge in [-0.25, -0.2) is 12.8 Å². The monoisotopic (exact) mass is 470 g/mol. The molecule has 9 heteroatoms. The molecule has 0 saturated carbocycles. The second-order valence-corrected chi connectivity index (χ2v) is 10.9. The van der Waals surface area contributed by atoms with Crippen LogP contribution in [-0.2, 0) is 14.8 Å². The van der Waals surface area contributed by atoms with E-state index in [0.29, 0.717) is 69.8 Å². The van der Waals surface area contributed by atoms with Crippen molar-refractivity contribution in [3.63, 3.8) is 0 Å². The Morgan fingerprint density at radius 1 is 1.19 bits per heavy atom. The summed E-state index contributed by atoms with van der Waals surface area (Å²) in [5.74, 6) is -0.0374. The van der Waals surface area contributed by atoms with Gasteiger partial charge in [0.2, 0.25) is 10.0 Å². The minimum atomic E-state index is -3.20. The van der Waals surface area contributed by atoms with E-state index in [2.05, 4.69) is 4.90 Å². The van der Waals surface area contributed by atoms with Crippen LogP contribution in [0.3, 0.4) is 0 Å². The van der Waals surface area contributed by atoms with Crippen molar-refractivity contribution in [2.24, 2.45) is 0 Å². The summed E-state index contributed by atoms with van der Waals surface area (Å²) in [6.07, 6.45) is 3.19. The summed E-state index contributed by atoms with van der Waals surface area (Å²) in [5.41, 5.74) is 0.810. The van der Waals surface area contributed by atoms with Crippen LogP contribution in [0.2, 0.25) is 0 Å². The number of Topliss-reactive ketones (excluding diaryl/α,β-unsaturated/α-hetero) is 1. The van der Waals surface area contributed by atoms with Crippen LogP contribution in [0.5, 0.6) is 5.75 Å². The number of ether oxygens (including phenoxy) is 2. The Kier molecular flexibility index (Phi) is 8.30. The number of sulfonamides is 1. The van der Waals surface area contributed by atoms with Gasteiger partial charge in [0.05, 0.1) is 18.4 Å². The van der Waals surface area contributed by atoms with E-state index < -0.39 is 15.8 Å². The number of aryl methyl sites for hydroxylation is 1. The van der Waals surface area contributed by atoms with E-state index >= 15 is 0 Å². The lowest BCUT2D eigenvalue weighted by Crippen LogP contribution is -2.60. The number of rotatable bonds is 9. The highest BCUT2D eigenvalue weighted by molar-refractivity contribution is 7.89. The predicted octanol–water partition coefficient (Wildman–Crippen LogP) is 3.01. The Balaban J connectivity index is 1.72. The van der Waals surface area contributed by atoms with Gasteiger partial charge in [0, 0.05) is 57.4 Å². The highest BCUT2D eigenvalue weighted by Crippen LogP contribution is 2.35. The largest absolute Gasteiger partial charge is 0.496 e. The molecule has 2 fully saturated rings. The van der Waals surface area contributed by atoms with Crippen molar-refractivity contribution >= 4 is 15.8 Å². The molecule has 7 nitrogen and oxygen atoms in total. The standard InChI is InChI=1S/C23H35FN2O5S/c1-4-15-32(28,29)26-11-9-25(10-12-26)23(7-13-31-14-8-23)6-5-20(27)22-18(2)16-19(24)17-21(22)30-3/h16-17H,4-15H2,1-3H3. The molecule has 0 atom stereocenters. The fourth-order valence-electron chi connectivity index (χ4n) is 5.01. The molecule has 32 heavy (non-hydrogen) atoms. The summed E-state index contributed by atoms with van der Waals surface area (Å²) in [7, 11) is -1.76. The van der Waals surface area contributed by atoms with E-state index in [1.165, 1.54) is 19.2 Å². The molecule has 0 bridgehead atoms. The molecule has 1 aromatic carbocycles. The lowest BCUT2D eigenvalue weighted by molar-refractivity contribution is -0.0445. The van der Waals surface area contributed by atoms with Gasteiger partial charge in [-0.05, 0) is 44.2 Å². The van der Waals surface area contributed by atoms with Gasteiger partial charge in [0.25, 0.3) is 0 Å². The number of nitrogens with zero attached hydrogens (tertiary/aromatic N) is 2. The Hall–Kier alpha value is -1.55. The number of halogens is 1. The smallest absolute Gasteiger partial charge is 0.214 e. The average molecular weight is 471 g/mol. The Morgan fingerprint density at radius 3 is 2.44 bits per heavy atom. The molecular formula is C23H35FN2O5S. The van der Waals surface area contributed by atoms with Gasteiger partial charge in [-0.2, -0.15) is 4.31 Å². The van der Waals surface area contributed by atoms with Gasteiger partial charge in [-0.3, -0.25) is 9.69 Å². The molecule has 2 heterocycles. The summed E-state index contributed by atoms with van der Waals surface area (Å²) in [4.78, 5) is 15.5. The number of carbonyl (C=O) groups is 1. The van der Waals surface area contributed by atoms with Crippen molar-refractivity contribution < 1.29 is 27.1 Å². The van der Waals surface area contributed by atoms with Crippen molar-refractivity contribution in [2.45, 2.75) is 51.5 Å². The van der Waals surface area contributed by atoms with Crippen LogP contribution >= 0.6 is 0 Å². The number of hydrogen-bond acceptors (Lipinski definition) is 6. The molecule has 0 N–H and O–H groups in total. The second-order valence-electron chi connectivity index (χ2n) is 8.76. The number of piperazine rings is 1. The SMILES string of the molecule is CCCS(=O)(=O)N1CCN(C2(CCC(=O)c3c(C)cc(F)cc3OC)CCOCC2)CC1. The van der Waals surface area contributed by atoms with Crippen molar-refractivity contribution in [1.29, 1.82) is 0 Å². The first-order valence-corrected chi connectivity index (χ1v) is 13.0. The van der Waals surface area contributed by atoms with Crippen LogP contribution in [0.15, 0.2) is 12.1 Å². The van der Waals surface area contributed by atoms with Gasteiger partial charge < -0.3 is 9.47 Å². The normalized spacial score (nSPS) is 20.2. The molecule has 0 amide bonds. The van der Waals surface area contributed by atoms with Crippen LogP contribution < -0.4 is 4.74 Å². The number of carbonyl (C=O) groups excluding carboxylic acids is 1. The summed E-state index contributed by atoms with van der Waals surface area (Å²) >= 11 is 0. The molecule has 2 saturated heterocycles. The second kappa shape index (κ2) is 10.6. The Labute approximate surface area is 190 Å². The molecule has 2 aliphatic heterocycles. The zero-order chi connectivity index (χ0) is 23.4. The van der Waals surface area contributed by atoms with E-state index in [1.54, 1.807) is 11.2 Å². The predicted molar refractivity (Wildman–Crippen MR) is 121 cm³/mol. The zero-order valence-corrected chi connectivity index (χ0v) is 20.2. The first kappa shape index (κ1) is 25.1. The van der Waals surface area contributed by atoms with Crippen LogP contribution in [-0.4, -0.2) is 81.2 Å². The topological polar surface area (TPSA) is 76.2 Å². The summed E-state index contributed by atoms with van der Waals surface area (Å²) in [6.45, 7) is 7.10. The summed E-state index contributed by atoms with van der Waals surface area (Å²) in [5, 5.41) is 0. The molecule has 2 aliphatic rings. The molecule has 3 rings (SSSR count). The van der Waals surface area contributed by atoms with Gasteiger partial charge >= 0.3 is 0 Å². The highest BCUT2D eigenvalue weighted by Gasteiger charge is 2.41. The maximum absolute atomic E-state index is 13.7. The number of methoxy groups -OCH3 is 1. The lowest BCUT2D eigenvalue weighted by atomic mass is 9.81. The van der Waals surface area contributed by atoms with Gasteiger partial charge in [0.15, 0.2) is 5.78 Å². The van der Waals surface area contributed by atoms with Crippen molar-refractivity contribution in [3.8, 4) is 5.75 Å². The van der Waals surface area contributed by atoms with Gasteiger partial charge in [-0.15, -0.1) is 0 Å². The summed E-state index contributed by atoms with van der Waals surface area (Å²) < 4.78 is 51.1. The molecule has 1 aromatic rings. The fourth-order valence-corrected chi connectivity index (χ4v) is 6.50. The zero-order valence-electron chi connectivity index (χ0n) is 19.4. The average Bonchev–Trinajstić information content (AvgIpc) is 2.77. The molecule has 0 unspecified atom stereocenters. The fraction of sp³-hybridized carbons (Fsp3) is 0.696. The van der Waals surface area contributed by atoms with E-state index in [0.717, 1.165) is 12.8 Å². The molecule has 0 radical (unpaired) electrons. The lowest BCUT2D eigenvalue weighted by Gasteiger charge is -2.49. The van der Waals surface area contributed by atoms with Crippen molar-refractivity contribution in [1.82, 2.24) is 9.21 Å². The first-order chi connectivity index (χ1) is 15.2. The third-order valence-electron chi connectivity index (χ3n) is 6.77. The molecular weight excluding hydrogens is 435 g/mol. The maximum atomic E-state index is 13.7. The third kappa shape index (κ3) is 5.50. The van der Waals surface area contributed by atoms with Gasteiger partial charge in [-0.1, -0.05) is 6.92 Å². The van der Waals surface area contributed by atoms with Crippen molar-refractivity contribution in [3.05, 3.63) is 29.1 Å². The third-order valence-corrected chi connectivity index (χ3v) is 8.84. The number of hydrogen-bond donors (Lipinski definition) is 0. The van der Waals surface area contributed by atoms with Crippen LogP contribution in [0, 0.1) is 12.7 Å². The van der Waals surface area contributed by atoms with Crippen LogP contribution in [0.4, 0.5) is 4.39 Å². The molecule has 180 valence electrons. The number of ketones is 1. The van der Waals surface area contributed by atoms with Crippen molar-refractivity contribution in [2.75, 3.05) is 52.3 Å². The van der Waals surface area contributed by atoms with Crippen LogP contribution in [0.25, 0.3) is 0 Å². The van der Waals surface area contributed by atoms with E-state index in [1.807, 2.05) is 6.92 Å². The first-order valence-electron chi connectivity index (χ1n) is 11.4. The molecule has 0 spiro atoms. The quantitative estimate of drug-likeness (QED) is 0.517. The minimum Gasteiger partial charge on any atom is -0.496 e. The Bertz CT molecular complexity index is 907. The Morgan fingerprint density at radius 2 is 1.84 bits per heavy atom.